The summed E-state index contributed by atoms with van der Waals surface area (Å²) >= 11 is 1.93. The fourth-order valence-electron chi connectivity index (χ4n) is 2.92. The van der Waals surface area contributed by atoms with Crippen molar-refractivity contribution in [3.63, 3.8) is 0 Å². The molecule has 1 unspecified atom stereocenters. The highest BCUT2D eigenvalue weighted by Gasteiger charge is 2.28. The van der Waals surface area contributed by atoms with Crippen molar-refractivity contribution in [2.45, 2.75) is 25.3 Å². The number of thioether (sulfide) groups is 1. The topological polar surface area (TPSA) is 58.2 Å². The second kappa shape index (κ2) is 7.11. The van der Waals surface area contributed by atoms with Crippen LogP contribution in [0.3, 0.4) is 0 Å². The average Bonchev–Trinajstić information content (AvgIpc) is 3.12. The highest BCUT2D eigenvalue weighted by molar-refractivity contribution is 7.99. The van der Waals surface area contributed by atoms with E-state index in [4.69, 9.17) is 0 Å². The van der Waals surface area contributed by atoms with Crippen molar-refractivity contribution < 1.29 is 9.59 Å². The molecule has 2 aliphatic rings. The van der Waals surface area contributed by atoms with Gasteiger partial charge in [0.05, 0.1) is 11.1 Å². The molecule has 3 rings (SSSR count). The van der Waals surface area contributed by atoms with E-state index in [0.717, 1.165) is 23.6 Å². The lowest BCUT2D eigenvalue weighted by molar-refractivity contribution is 0.0879. The number of carbonyl (C=O) groups is 2. The summed E-state index contributed by atoms with van der Waals surface area (Å²) in [7, 11) is 0. The van der Waals surface area contributed by atoms with Gasteiger partial charge in [0.25, 0.3) is 11.8 Å². The van der Waals surface area contributed by atoms with Crippen molar-refractivity contribution in [3.05, 3.63) is 47.0 Å². The van der Waals surface area contributed by atoms with Crippen LogP contribution in [0.2, 0.25) is 0 Å². The molecule has 0 saturated carbocycles. The summed E-state index contributed by atoms with van der Waals surface area (Å²) in [5.74, 6) is 1.58. The number of carbonyl (C=O) groups excluding carboxylic acids is 2. The summed E-state index contributed by atoms with van der Waals surface area (Å²) in [5, 5.41) is 5.84. The molecule has 0 aromatic heterocycles. The highest BCUT2D eigenvalue weighted by Crippen LogP contribution is 2.20. The van der Waals surface area contributed by atoms with Crippen molar-refractivity contribution in [2.24, 2.45) is 0 Å². The van der Waals surface area contributed by atoms with E-state index < -0.39 is 0 Å². The molecule has 5 heteroatoms. The fraction of sp³-hybridized carbons (Fsp3) is 0.412. The molecule has 1 fully saturated rings. The molecule has 116 valence electrons. The van der Waals surface area contributed by atoms with Gasteiger partial charge in [0.2, 0.25) is 0 Å². The predicted octanol–water partition coefficient (Wildman–Crippen LogP) is 2.15. The van der Waals surface area contributed by atoms with Crippen molar-refractivity contribution in [1.82, 2.24) is 10.6 Å². The van der Waals surface area contributed by atoms with E-state index in [1.807, 2.05) is 23.9 Å². The number of benzene rings is 1. The normalized spacial score (nSPS) is 20.6. The van der Waals surface area contributed by atoms with Gasteiger partial charge in [-0.05, 0) is 37.4 Å². The van der Waals surface area contributed by atoms with Crippen molar-refractivity contribution in [2.75, 3.05) is 18.1 Å². The van der Waals surface area contributed by atoms with Crippen LogP contribution in [0.15, 0.2) is 30.4 Å². The lowest BCUT2D eigenvalue weighted by Gasteiger charge is -2.07. The summed E-state index contributed by atoms with van der Waals surface area (Å²) < 4.78 is 0. The SMILES string of the molecule is O=C1NC(=O)c2c(CC=CCSCC3CCCN3)cccc21. The van der Waals surface area contributed by atoms with E-state index in [1.165, 1.54) is 12.8 Å². The van der Waals surface area contributed by atoms with Crippen LogP contribution in [0.5, 0.6) is 0 Å². The third kappa shape index (κ3) is 3.42. The first-order valence-corrected chi connectivity index (χ1v) is 8.85. The maximum Gasteiger partial charge on any atom is 0.259 e. The average molecular weight is 316 g/mol. The number of amides is 2. The van der Waals surface area contributed by atoms with Crippen molar-refractivity contribution in [3.8, 4) is 0 Å². The van der Waals surface area contributed by atoms with Gasteiger partial charge in [0, 0.05) is 17.5 Å². The number of imide groups is 1. The minimum Gasteiger partial charge on any atom is -0.313 e. The second-order valence-electron chi connectivity index (χ2n) is 5.63. The summed E-state index contributed by atoms with van der Waals surface area (Å²) in [4.78, 5) is 23.4. The molecule has 2 aliphatic heterocycles. The number of rotatable bonds is 6. The first-order chi connectivity index (χ1) is 10.8. The van der Waals surface area contributed by atoms with Crippen molar-refractivity contribution in [1.29, 1.82) is 0 Å². The van der Waals surface area contributed by atoms with Gasteiger partial charge in [-0.15, -0.1) is 0 Å². The summed E-state index contributed by atoms with van der Waals surface area (Å²) in [6.07, 6.45) is 7.50. The Kier molecular flexibility index (Phi) is 4.95. The minimum absolute atomic E-state index is 0.273. The molecule has 1 aromatic carbocycles. The lowest BCUT2D eigenvalue weighted by Crippen LogP contribution is -2.23. The molecular weight excluding hydrogens is 296 g/mol. The molecule has 0 bridgehead atoms. The van der Waals surface area contributed by atoms with Crippen LogP contribution >= 0.6 is 11.8 Å². The predicted molar refractivity (Wildman–Crippen MR) is 89.4 cm³/mol. The smallest absolute Gasteiger partial charge is 0.259 e. The van der Waals surface area contributed by atoms with E-state index in [2.05, 4.69) is 22.8 Å². The van der Waals surface area contributed by atoms with Crippen LogP contribution in [0.4, 0.5) is 0 Å². The summed E-state index contributed by atoms with van der Waals surface area (Å²) in [6, 6.07) is 6.12. The maximum atomic E-state index is 11.8. The molecule has 2 N–H and O–H groups in total. The van der Waals surface area contributed by atoms with Crippen molar-refractivity contribution >= 4 is 23.6 Å². The Morgan fingerprint density at radius 2 is 2.14 bits per heavy atom. The van der Waals surface area contributed by atoms with E-state index in [0.29, 0.717) is 23.6 Å². The van der Waals surface area contributed by atoms with Gasteiger partial charge >= 0.3 is 0 Å². The van der Waals surface area contributed by atoms with E-state index >= 15 is 0 Å². The largest absolute Gasteiger partial charge is 0.313 e. The Labute approximate surface area is 134 Å². The first-order valence-electron chi connectivity index (χ1n) is 7.69. The Balaban J connectivity index is 1.50. The fourth-order valence-corrected chi connectivity index (χ4v) is 3.89. The van der Waals surface area contributed by atoms with Gasteiger partial charge in [0.15, 0.2) is 0 Å². The highest BCUT2D eigenvalue weighted by atomic mass is 32.2. The number of fused-ring (bicyclic) bond motifs is 1. The molecule has 2 heterocycles. The molecule has 0 radical (unpaired) electrons. The Hall–Kier alpha value is -1.59. The minimum atomic E-state index is -0.287. The monoisotopic (exact) mass is 316 g/mol. The van der Waals surface area contributed by atoms with Crippen LogP contribution < -0.4 is 10.6 Å². The maximum absolute atomic E-state index is 11.8. The third-order valence-corrected chi connectivity index (χ3v) is 5.12. The van der Waals surface area contributed by atoms with Crippen LogP contribution in [-0.4, -0.2) is 35.9 Å². The van der Waals surface area contributed by atoms with Crippen LogP contribution in [-0.2, 0) is 6.42 Å². The molecule has 0 spiro atoms. The first kappa shape index (κ1) is 15.3. The van der Waals surface area contributed by atoms with Gasteiger partial charge in [0.1, 0.15) is 0 Å². The zero-order valence-electron chi connectivity index (χ0n) is 12.4. The van der Waals surface area contributed by atoms with Crippen LogP contribution in [0.25, 0.3) is 0 Å². The van der Waals surface area contributed by atoms with Gasteiger partial charge in [-0.25, -0.2) is 0 Å². The second-order valence-corrected chi connectivity index (χ2v) is 6.70. The summed E-state index contributed by atoms with van der Waals surface area (Å²) in [5.41, 5.74) is 1.96. The van der Waals surface area contributed by atoms with E-state index in [-0.39, 0.29) is 11.8 Å². The summed E-state index contributed by atoms with van der Waals surface area (Å²) in [6.45, 7) is 1.15. The molecule has 1 atom stereocenters. The van der Waals surface area contributed by atoms with Gasteiger partial charge in [-0.1, -0.05) is 24.3 Å². The van der Waals surface area contributed by atoms with E-state index in [9.17, 15) is 9.59 Å². The zero-order valence-corrected chi connectivity index (χ0v) is 13.2. The van der Waals surface area contributed by atoms with Gasteiger partial charge in [-0.2, -0.15) is 11.8 Å². The molecular formula is C17H20N2O2S. The van der Waals surface area contributed by atoms with Crippen LogP contribution in [0.1, 0.15) is 39.1 Å². The molecule has 1 saturated heterocycles. The number of allylic oxidation sites excluding steroid dienone is 1. The standard InChI is InChI=1S/C17H20N2O2S/c20-16-14-8-3-6-12(15(14)17(21)19-16)5-1-2-10-22-11-13-7-4-9-18-13/h1-3,6,8,13,18H,4-5,7,9-11H2,(H,19,20,21). The number of hydrogen-bond donors (Lipinski definition) is 2. The quantitative estimate of drug-likeness (QED) is 0.480. The Bertz CT molecular complexity index is 607. The molecule has 22 heavy (non-hydrogen) atoms. The molecule has 4 nitrogen and oxygen atoms in total. The molecule has 1 aromatic rings. The van der Waals surface area contributed by atoms with Gasteiger partial charge in [-0.3, -0.25) is 14.9 Å². The van der Waals surface area contributed by atoms with E-state index in [1.54, 1.807) is 6.07 Å². The zero-order chi connectivity index (χ0) is 15.4. The number of nitrogens with one attached hydrogen (secondary N) is 2. The Morgan fingerprint density at radius 1 is 1.23 bits per heavy atom. The van der Waals surface area contributed by atoms with Gasteiger partial charge < -0.3 is 5.32 Å². The molecule has 2 amide bonds. The lowest BCUT2D eigenvalue weighted by atomic mass is 10.0. The molecule has 0 aliphatic carbocycles. The van der Waals surface area contributed by atoms with Crippen LogP contribution in [0, 0.1) is 0 Å². The third-order valence-electron chi connectivity index (χ3n) is 4.05. The number of hydrogen-bond acceptors (Lipinski definition) is 4. The Morgan fingerprint density at radius 3 is 2.95 bits per heavy atom.